The molecule has 0 aliphatic rings. The van der Waals surface area contributed by atoms with Crippen LogP contribution in [0.3, 0.4) is 0 Å². The van der Waals surface area contributed by atoms with Gasteiger partial charge in [0.25, 0.3) is 0 Å². The highest BCUT2D eigenvalue weighted by Gasteiger charge is 2.12. The van der Waals surface area contributed by atoms with Crippen molar-refractivity contribution in [1.82, 2.24) is 9.78 Å². The molecule has 0 saturated carbocycles. The van der Waals surface area contributed by atoms with Crippen molar-refractivity contribution in [2.75, 3.05) is 7.11 Å². The largest absolute Gasteiger partial charge is 0.496 e. The first-order chi connectivity index (χ1) is 8.11. The lowest BCUT2D eigenvalue weighted by atomic mass is 10.0. The van der Waals surface area contributed by atoms with Gasteiger partial charge >= 0.3 is 0 Å². The Kier molecular flexibility index (Phi) is 3.15. The molecule has 0 bridgehead atoms. The Balaban J connectivity index is 2.34. The summed E-state index contributed by atoms with van der Waals surface area (Å²) in [5.41, 5.74) is 9.33. The van der Waals surface area contributed by atoms with Crippen LogP contribution in [0.4, 0.5) is 0 Å². The Morgan fingerprint density at radius 3 is 2.71 bits per heavy atom. The molecule has 2 rings (SSSR count). The Bertz CT molecular complexity index is 519. The van der Waals surface area contributed by atoms with E-state index in [0.29, 0.717) is 0 Å². The lowest BCUT2D eigenvalue weighted by Crippen LogP contribution is -2.11. The van der Waals surface area contributed by atoms with Crippen molar-refractivity contribution >= 4 is 0 Å². The van der Waals surface area contributed by atoms with Gasteiger partial charge in [0.2, 0.25) is 0 Å². The fraction of sp³-hybridized carbons (Fsp3) is 0.308. The summed E-state index contributed by atoms with van der Waals surface area (Å²) in [5.74, 6) is 0.863. The van der Waals surface area contributed by atoms with Gasteiger partial charge in [-0.15, -0.1) is 0 Å². The van der Waals surface area contributed by atoms with Crippen molar-refractivity contribution in [3.8, 4) is 5.75 Å². The third kappa shape index (κ3) is 2.31. The molecule has 0 aliphatic heterocycles. The predicted molar refractivity (Wildman–Crippen MR) is 67.0 cm³/mol. The van der Waals surface area contributed by atoms with Crippen LogP contribution in [0.1, 0.15) is 22.7 Å². The van der Waals surface area contributed by atoms with E-state index in [2.05, 4.69) is 5.10 Å². The predicted octanol–water partition coefficient (Wildman–Crippen LogP) is 1.79. The van der Waals surface area contributed by atoms with Crippen LogP contribution in [-0.2, 0) is 7.05 Å². The first-order valence-corrected chi connectivity index (χ1v) is 5.50. The number of rotatable bonds is 3. The number of ether oxygens (including phenoxy) is 1. The van der Waals surface area contributed by atoms with Crippen LogP contribution in [0.2, 0.25) is 0 Å². The number of nitrogens with zero attached hydrogens (tertiary/aromatic N) is 2. The summed E-state index contributed by atoms with van der Waals surface area (Å²) in [6.07, 6.45) is 3.72. The molecule has 0 radical (unpaired) electrons. The normalized spacial score (nSPS) is 12.5. The second-order valence-corrected chi connectivity index (χ2v) is 4.15. The van der Waals surface area contributed by atoms with E-state index in [0.717, 1.165) is 22.4 Å². The molecule has 0 aliphatic carbocycles. The monoisotopic (exact) mass is 231 g/mol. The minimum absolute atomic E-state index is 0.168. The molecule has 0 spiro atoms. The summed E-state index contributed by atoms with van der Waals surface area (Å²) in [4.78, 5) is 0. The van der Waals surface area contributed by atoms with Crippen molar-refractivity contribution in [1.29, 1.82) is 0 Å². The molecular formula is C13H17N3O. The topological polar surface area (TPSA) is 53.1 Å². The molecule has 0 fully saturated rings. The smallest absolute Gasteiger partial charge is 0.122 e. The van der Waals surface area contributed by atoms with Gasteiger partial charge in [-0.05, 0) is 24.1 Å². The molecule has 4 nitrogen and oxygen atoms in total. The molecule has 1 atom stereocenters. The lowest BCUT2D eigenvalue weighted by Gasteiger charge is -2.12. The molecule has 2 N–H and O–H groups in total. The first-order valence-electron chi connectivity index (χ1n) is 5.50. The molecular weight excluding hydrogens is 214 g/mol. The van der Waals surface area contributed by atoms with Gasteiger partial charge < -0.3 is 10.5 Å². The summed E-state index contributed by atoms with van der Waals surface area (Å²) in [6.45, 7) is 2.01. The van der Waals surface area contributed by atoms with Gasteiger partial charge in [-0.2, -0.15) is 5.10 Å². The molecule has 2 aromatic rings. The van der Waals surface area contributed by atoms with Crippen LogP contribution in [-0.4, -0.2) is 16.9 Å². The molecule has 1 aromatic carbocycles. The van der Waals surface area contributed by atoms with Crippen molar-refractivity contribution in [2.45, 2.75) is 13.0 Å². The van der Waals surface area contributed by atoms with Crippen LogP contribution in [0.25, 0.3) is 0 Å². The van der Waals surface area contributed by atoms with E-state index < -0.39 is 0 Å². The molecule has 17 heavy (non-hydrogen) atoms. The summed E-state index contributed by atoms with van der Waals surface area (Å²) in [5, 5.41) is 4.13. The number of hydrogen-bond acceptors (Lipinski definition) is 3. The highest BCUT2D eigenvalue weighted by atomic mass is 16.5. The Hall–Kier alpha value is -1.81. The maximum absolute atomic E-state index is 6.19. The van der Waals surface area contributed by atoms with Crippen molar-refractivity contribution in [3.05, 3.63) is 47.3 Å². The summed E-state index contributed by atoms with van der Waals surface area (Å²) < 4.78 is 7.05. The zero-order valence-corrected chi connectivity index (χ0v) is 10.3. The van der Waals surface area contributed by atoms with Gasteiger partial charge in [0.1, 0.15) is 5.75 Å². The molecule has 1 aromatic heterocycles. The van der Waals surface area contributed by atoms with Crippen molar-refractivity contribution in [2.24, 2.45) is 12.8 Å². The average Bonchev–Trinajstić information content (AvgIpc) is 2.75. The standard InChI is InChI=1S/C13H17N3O/c1-9-4-5-10(6-12(9)17-3)13(14)11-7-15-16(2)8-11/h4-8,13H,14H2,1-3H3. The summed E-state index contributed by atoms with van der Waals surface area (Å²) >= 11 is 0. The second-order valence-electron chi connectivity index (χ2n) is 4.15. The van der Waals surface area contributed by atoms with E-state index >= 15 is 0 Å². The second kappa shape index (κ2) is 4.59. The van der Waals surface area contributed by atoms with Gasteiger partial charge in [0, 0.05) is 18.8 Å². The highest BCUT2D eigenvalue weighted by molar-refractivity contribution is 5.40. The zero-order chi connectivity index (χ0) is 12.4. The van der Waals surface area contributed by atoms with E-state index in [1.165, 1.54) is 0 Å². The van der Waals surface area contributed by atoms with Gasteiger partial charge in [-0.25, -0.2) is 0 Å². The van der Waals surface area contributed by atoms with Crippen molar-refractivity contribution in [3.63, 3.8) is 0 Å². The molecule has 0 amide bonds. The van der Waals surface area contributed by atoms with Crippen LogP contribution in [0, 0.1) is 6.92 Å². The minimum Gasteiger partial charge on any atom is -0.496 e. The summed E-state index contributed by atoms with van der Waals surface area (Å²) in [7, 11) is 3.55. The summed E-state index contributed by atoms with van der Waals surface area (Å²) in [6, 6.07) is 5.85. The number of aromatic nitrogens is 2. The lowest BCUT2D eigenvalue weighted by molar-refractivity contribution is 0.411. The zero-order valence-electron chi connectivity index (χ0n) is 10.3. The fourth-order valence-electron chi connectivity index (χ4n) is 1.82. The number of aryl methyl sites for hydroxylation is 2. The number of hydrogen-bond donors (Lipinski definition) is 1. The number of benzene rings is 1. The average molecular weight is 231 g/mol. The van der Waals surface area contributed by atoms with Gasteiger partial charge in [0.05, 0.1) is 19.3 Å². The SMILES string of the molecule is COc1cc(C(N)c2cnn(C)c2)ccc1C. The Labute approximate surface area is 101 Å². The molecule has 0 saturated heterocycles. The molecule has 1 heterocycles. The minimum atomic E-state index is -0.168. The van der Waals surface area contributed by atoms with E-state index in [-0.39, 0.29) is 6.04 Å². The quantitative estimate of drug-likeness (QED) is 0.876. The fourth-order valence-corrected chi connectivity index (χ4v) is 1.82. The van der Waals surface area contributed by atoms with Crippen LogP contribution in [0.15, 0.2) is 30.6 Å². The third-order valence-corrected chi connectivity index (χ3v) is 2.88. The maximum atomic E-state index is 6.19. The molecule has 90 valence electrons. The van der Waals surface area contributed by atoms with Gasteiger partial charge in [0.15, 0.2) is 0 Å². The third-order valence-electron chi connectivity index (χ3n) is 2.88. The van der Waals surface area contributed by atoms with Crippen LogP contribution >= 0.6 is 0 Å². The Morgan fingerprint density at radius 1 is 1.35 bits per heavy atom. The van der Waals surface area contributed by atoms with E-state index in [1.54, 1.807) is 18.0 Å². The maximum Gasteiger partial charge on any atom is 0.122 e. The van der Waals surface area contributed by atoms with E-state index in [4.69, 9.17) is 10.5 Å². The Morgan fingerprint density at radius 2 is 2.12 bits per heavy atom. The molecule has 4 heteroatoms. The first kappa shape index (κ1) is 11.7. The van der Waals surface area contributed by atoms with Gasteiger partial charge in [-0.1, -0.05) is 12.1 Å². The van der Waals surface area contributed by atoms with Crippen molar-refractivity contribution < 1.29 is 4.74 Å². The van der Waals surface area contributed by atoms with E-state index in [1.807, 2.05) is 38.4 Å². The number of methoxy groups -OCH3 is 1. The van der Waals surface area contributed by atoms with Crippen LogP contribution in [0.5, 0.6) is 5.75 Å². The molecule has 1 unspecified atom stereocenters. The van der Waals surface area contributed by atoms with Gasteiger partial charge in [-0.3, -0.25) is 4.68 Å². The van der Waals surface area contributed by atoms with E-state index in [9.17, 15) is 0 Å². The van der Waals surface area contributed by atoms with Crippen LogP contribution < -0.4 is 10.5 Å². The number of nitrogens with two attached hydrogens (primary N) is 1. The highest BCUT2D eigenvalue weighted by Crippen LogP contribution is 2.25.